The fourth-order valence-electron chi connectivity index (χ4n) is 4.75. The Morgan fingerprint density at radius 3 is 2.59 bits per heavy atom. The molecule has 7 heteroatoms. The number of hydrogen-bond acceptors (Lipinski definition) is 4. The highest BCUT2D eigenvalue weighted by Crippen LogP contribution is 2.30. The van der Waals surface area contributed by atoms with Crippen molar-refractivity contribution in [1.82, 2.24) is 20.0 Å². The molecular weight excluding hydrogens is 424 g/mol. The minimum absolute atomic E-state index is 0.0131. The number of para-hydroxylation sites is 1. The number of ether oxygens (including phenoxy) is 1. The molecule has 1 aromatic heterocycles. The van der Waals surface area contributed by atoms with Crippen LogP contribution in [0.25, 0.3) is 5.69 Å². The third-order valence-electron chi connectivity index (χ3n) is 6.35. The Hall–Kier alpha value is -2.67. The summed E-state index contributed by atoms with van der Waals surface area (Å²) in [7, 11) is 0. The number of hydrogen-bond donors (Lipinski definition) is 1. The Labute approximate surface area is 193 Å². The fourth-order valence-corrected chi connectivity index (χ4v) is 5.01. The molecule has 0 bridgehead atoms. The highest BCUT2D eigenvalue weighted by atomic mass is 35.5. The van der Waals surface area contributed by atoms with Crippen molar-refractivity contribution in [3.63, 3.8) is 0 Å². The van der Waals surface area contributed by atoms with E-state index in [2.05, 4.69) is 10.2 Å². The summed E-state index contributed by atoms with van der Waals surface area (Å²) >= 11 is 6.53. The Kier molecular flexibility index (Phi) is 6.26. The van der Waals surface area contributed by atoms with Crippen LogP contribution in [0.3, 0.4) is 0 Å². The molecule has 2 heterocycles. The van der Waals surface area contributed by atoms with Crippen LogP contribution in [-0.2, 0) is 17.6 Å². The van der Waals surface area contributed by atoms with Crippen LogP contribution in [-0.4, -0.2) is 53.4 Å². The van der Waals surface area contributed by atoms with Crippen LogP contribution in [0.4, 0.5) is 0 Å². The van der Waals surface area contributed by atoms with Gasteiger partial charge in [-0.25, -0.2) is 4.68 Å². The van der Waals surface area contributed by atoms with Gasteiger partial charge in [0, 0.05) is 35.9 Å². The average molecular weight is 451 g/mol. The van der Waals surface area contributed by atoms with Gasteiger partial charge in [-0.1, -0.05) is 48.0 Å². The predicted octanol–water partition coefficient (Wildman–Crippen LogP) is 3.82. The van der Waals surface area contributed by atoms with Crippen molar-refractivity contribution in [3.05, 3.63) is 82.1 Å². The maximum absolute atomic E-state index is 13.3. The maximum Gasteiger partial charge on any atom is 0.272 e. The van der Waals surface area contributed by atoms with Gasteiger partial charge in [0.2, 0.25) is 0 Å². The van der Waals surface area contributed by atoms with Gasteiger partial charge in [-0.2, -0.15) is 5.10 Å². The second-order valence-electron chi connectivity index (χ2n) is 8.27. The van der Waals surface area contributed by atoms with E-state index < -0.39 is 0 Å². The highest BCUT2D eigenvalue weighted by Gasteiger charge is 2.29. The summed E-state index contributed by atoms with van der Waals surface area (Å²) in [5.74, 6) is -0.122. The van der Waals surface area contributed by atoms with Crippen LogP contribution < -0.4 is 5.32 Å². The third-order valence-corrected chi connectivity index (χ3v) is 6.70. The first kappa shape index (κ1) is 21.2. The second kappa shape index (κ2) is 9.45. The van der Waals surface area contributed by atoms with Crippen LogP contribution in [0.15, 0.2) is 54.6 Å². The zero-order valence-electron chi connectivity index (χ0n) is 18.0. The van der Waals surface area contributed by atoms with Gasteiger partial charge >= 0.3 is 0 Å². The van der Waals surface area contributed by atoms with Crippen molar-refractivity contribution in [2.45, 2.75) is 25.3 Å². The number of amides is 1. The molecule has 0 saturated carbocycles. The lowest BCUT2D eigenvalue weighted by Gasteiger charge is -2.35. The van der Waals surface area contributed by atoms with Crippen molar-refractivity contribution in [2.75, 3.05) is 32.8 Å². The lowest BCUT2D eigenvalue weighted by Crippen LogP contribution is -2.44. The van der Waals surface area contributed by atoms with Gasteiger partial charge in [-0.15, -0.1) is 0 Å². The Balaban J connectivity index is 1.39. The second-order valence-corrected chi connectivity index (χ2v) is 8.68. The van der Waals surface area contributed by atoms with Crippen molar-refractivity contribution >= 4 is 17.5 Å². The van der Waals surface area contributed by atoms with Crippen LogP contribution in [0.1, 0.15) is 39.8 Å². The van der Waals surface area contributed by atoms with E-state index in [1.54, 1.807) is 0 Å². The minimum atomic E-state index is -0.122. The molecule has 3 aromatic rings. The van der Waals surface area contributed by atoms with Gasteiger partial charge < -0.3 is 10.1 Å². The third kappa shape index (κ3) is 4.18. The summed E-state index contributed by atoms with van der Waals surface area (Å²) in [5, 5.41) is 8.60. The Morgan fingerprint density at radius 2 is 1.81 bits per heavy atom. The molecule has 1 N–H and O–H groups in total. The van der Waals surface area contributed by atoms with Crippen molar-refractivity contribution in [1.29, 1.82) is 0 Å². The first-order valence-corrected chi connectivity index (χ1v) is 11.6. The molecule has 1 atom stereocenters. The van der Waals surface area contributed by atoms with Crippen molar-refractivity contribution in [2.24, 2.45) is 0 Å². The molecule has 2 aromatic carbocycles. The smallest absolute Gasteiger partial charge is 0.272 e. The molecule has 6 nitrogen and oxygen atoms in total. The van der Waals surface area contributed by atoms with Crippen LogP contribution in [0.2, 0.25) is 5.02 Å². The van der Waals surface area contributed by atoms with Gasteiger partial charge in [0.1, 0.15) is 0 Å². The molecule has 32 heavy (non-hydrogen) atoms. The lowest BCUT2D eigenvalue weighted by molar-refractivity contribution is 0.0162. The molecule has 1 saturated heterocycles. The molecule has 1 amide bonds. The zero-order valence-corrected chi connectivity index (χ0v) is 18.7. The SMILES string of the molecule is O=C(NCC(c1ccccc1Cl)N1CCOCC1)c1nn(-c2ccccc2)c2c1CCC2. The first-order valence-electron chi connectivity index (χ1n) is 11.2. The van der Waals surface area contributed by atoms with E-state index in [1.807, 2.05) is 59.3 Å². The number of carbonyl (C=O) groups is 1. The number of carbonyl (C=O) groups excluding carboxylic acids is 1. The molecule has 1 aliphatic heterocycles. The van der Waals surface area contributed by atoms with Crippen molar-refractivity contribution in [3.8, 4) is 5.69 Å². The molecule has 5 rings (SSSR count). The molecule has 0 radical (unpaired) electrons. The van der Waals surface area contributed by atoms with E-state index in [0.717, 1.165) is 54.9 Å². The standard InChI is InChI=1S/C25H27ClN4O2/c26-21-11-5-4-9-19(21)23(29-13-15-32-16-14-29)17-27-25(31)24-20-10-6-12-22(20)30(28-24)18-7-2-1-3-8-18/h1-5,7-9,11,23H,6,10,12-17H2,(H,27,31). The molecule has 1 fully saturated rings. The Bertz CT molecular complexity index is 1090. The number of rotatable bonds is 6. The molecule has 166 valence electrons. The minimum Gasteiger partial charge on any atom is -0.379 e. The average Bonchev–Trinajstić information content (AvgIpc) is 3.44. The van der Waals surface area contributed by atoms with Gasteiger partial charge in [0.05, 0.1) is 24.9 Å². The van der Waals surface area contributed by atoms with E-state index in [4.69, 9.17) is 21.4 Å². The number of nitrogens with one attached hydrogen (secondary N) is 1. The molecule has 2 aliphatic rings. The normalized spacial score (nSPS) is 17.2. The van der Waals surface area contributed by atoms with Gasteiger partial charge in [-0.05, 0) is 43.0 Å². The van der Waals surface area contributed by atoms with E-state index in [-0.39, 0.29) is 11.9 Å². The van der Waals surface area contributed by atoms with Crippen LogP contribution in [0, 0.1) is 0 Å². The van der Waals surface area contributed by atoms with Crippen LogP contribution >= 0.6 is 11.6 Å². The number of morpholine rings is 1. The summed E-state index contributed by atoms with van der Waals surface area (Å²) in [6.07, 6.45) is 2.89. The Morgan fingerprint density at radius 1 is 1.06 bits per heavy atom. The van der Waals surface area contributed by atoms with Gasteiger partial charge in [0.15, 0.2) is 5.69 Å². The van der Waals surface area contributed by atoms with E-state index >= 15 is 0 Å². The molecule has 1 unspecified atom stereocenters. The number of nitrogens with zero attached hydrogens (tertiary/aromatic N) is 3. The maximum atomic E-state index is 13.3. The summed E-state index contributed by atoms with van der Waals surface area (Å²) in [4.78, 5) is 15.6. The van der Waals surface area contributed by atoms with E-state index in [1.165, 1.54) is 0 Å². The van der Waals surface area contributed by atoms with Gasteiger partial charge in [0.25, 0.3) is 5.91 Å². The summed E-state index contributed by atoms with van der Waals surface area (Å²) in [5.41, 5.74) is 4.79. The number of halogens is 1. The first-order chi connectivity index (χ1) is 15.7. The number of aromatic nitrogens is 2. The van der Waals surface area contributed by atoms with E-state index in [9.17, 15) is 4.79 Å². The summed E-state index contributed by atoms with van der Waals surface area (Å²) in [6.45, 7) is 3.46. The predicted molar refractivity (Wildman–Crippen MR) is 125 cm³/mol. The summed E-state index contributed by atoms with van der Waals surface area (Å²) < 4.78 is 7.47. The van der Waals surface area contributed by atoms with E-state index in [0.29, 0.717) is 30.5 Å². The monoisotopic (exact) mass is 450 g/mol. The molecular formula is C25H27ClN4O2. The quantitative estimate of drug-likeness (QED) is 0.620. The van der Waals surface area contributed by atoms with Crippen molar-refractivity contribution < 1.29 is 9.53 Å². The number of fused-ring (bicyclic) bond motifs is 1. The topological polar surface area (TPSA) is 59.4 Å². The highest BCUT2D eigenvalue weighted by molar-refractivity contribution is 6.31. The van der Waals surface area contributed by atoms with Gasteiger partial charge in [-0.3, -0.25) is 9.69 Å². The molecule has 0 spiro atoms. The summed E-state index contributed by atoms with van der Waals surface area (Å²) in [6, 6.07) is 17.9. The lowest BCUT2D eigenvalue weighted by atomic mass is 10.0. The van der Waals surface area contributed by atoms with Crippen LogP contribution in [0.5, 0.6) is 0 Å². The molecule has 1 aliphatic carbocycles. The number of benzene rings is 2. The zero-order chi connectivity index (χ0) is 21.9. The largest absolute Gasteiger partial charge is 0.379 e. The fraction of sp³-hybridized carbons (Fsp3) is 0.360.